The summed E-state index contributed by atoms with van der Waals surface area (Å²) in [5, 5.41) is 8.38. The molecule has 27 heavy (non-hydrogen) atoms. The van der Waals surface area contributed by atoms with Gasteiger partial charge in [-0.15, -0.1) is 0 Å². The Kier molecular flexibility index (Phi) is 4.21. The molecule has 6 nitrogen and oxygen atoms in total. The third-order valence-electron chi connectivity index (χ3n) is 6.27. The first-order chi connectivity index (χ1) is 13.2. The fourth-order valence-corrected chi connectivity index (χ4v) is 4.63. The molecule has 2 saturated carbocycles. The smallest absolute Gasteiger partial charge is 0.267 e. The van der Waals surface area contributed by atoms with Gasteiger partial charge in [-0.05, 0) is 70.8 Å². The van der Waals surface area contributed by atoms with Gasteiger partial charge < -0.3 is 5.32 Å². The molecule has 6 heteroatoms. The first-order valence-electron chi connectivity index (χ1n) is 10.4. The van der Waals surface area contributed by atoms with Crippen LogP contribution in [-0.2, 0) is 12.8 Å². The van der Waals surface area contributed by atoms with Crippen LogP contribution in [-0.4, -0.2) is 25.8 Å². The molecular formula is C21H27N5O. The standard InChI is InChI=1S/C21H27N5O/c1-13-22-19-4-2-3-17(19)21(23-13)24-15-7-9-16(10-8-15)26-20(27)12-11-18(25-26)14-5-6-14/h11-12,14-16H,2-10H2,1H3,(H,22,23,24). The zero-order valence-electron chi connectivity index (χ0n) is 15.9. The van der Waals surface area contributed by atoms with E-state index in [0.29, 0.717) is 12.0 Å². The Morgan fingerprint density at radius 2 is 1.85 bits per heavy atom. The largest absolute Gasteiger partial charge is 0.367 e. The second-order valence-corrected chi connectivity index (χ2v) is 8.36. The molecule has 0 atom stereocenters. The van der Waals surface area contributed by atoms with E-state index in [2.05, 4.69) is 20.4 Å². The van der Waals surface area contributed by atoms with Gasteiger partial charge in [-0.3, -0.25) is 4.79 Å². The van der Waals surface area contributed by atoms with Crippen molar-refractivity contribution in [2.75, 3.05) is 5.32 Å². The van der Waals surface area contributed by atoms with Crippen molar-refractivity contribution >= 4 is 5.82 Å². The molecule has 2 fully saturated rings. The van der Waals surface area contributed by atoms with E-state index in [1.165, 1.54) is 30.5 Å². The van der Waals surface area contributed by atoms with E-state index in [4.69, 9.17) is 0 Å². The average Bonchev–Trinajstić information content (AvgIpc) is 3.41. The maximum Gasteiger partial charge on any atom is 0.267 e. The molecule has 3 aliphatic rings. The molecule has 0 aliphatic heterocycles. The number of aryl methyl sites for hydroxylation is 2. The van der Waals surface area contributed by atoms with Gasteiger partial charge in [-0.1, -0.05) is 0 Å². The van der Waals surface area contributed by atoms with Gasteiger partial charge in [0.05, 0.1) is 11.7 Å². The van der Waals surface area contributed by atoms with Crippen LogP contribution < -0.4 is 10.9 Å². The minimum absolute atomic E-state index is 0.0417. The summed E-state index contributed by atoms with van der Waals surface area (Å²) in [5.41, 5.74) is 3.69. The average molecular weight is 365 g/mol. The van der Waals surface area contributed by atoms with Gasteiger partial charge >= 0.3 is 0 Å². The Balaban J connectivity index is 1.27. The van der Waals surface area contributed by atoms with Gasteiger partial charge in [-0.25, -0.2) is 14.6 Å². The number of aromatic nitrogens is 4. The number of nitrogens with one attached hydrogen (secondary N) is 1. The number of fused-ring (bicyclic) bond motifs is 1. The van der Waals surface area contributed by atoms with Gasteiger partial charge in [0.1, 0.15) is 11.6 Å². The van der Waals surface area contributed by atoms with Crippen LogP contribution in [0.4, 0.5) is 5.82 Å². The first-order valence-corrected chi connectivity index (χ1v) is 10.4. The van der Waals surface area contributed by atoms with Crippen LogP contribution in [0.2, 0.25) is 0 Å². The van der Waals surface area contributed by atoms with E-state index >= 15 is 0 Å². The van der Waals surface area contributed by atoms with E-state index in [-0.39, 0.29) is 11.6 Å². The van der Waals surface area contributed by atoms with Crippen LogP contribution in [0.1, 0.15) is 79.7 Å². The summed E-state index contributed by atoms with van der Waals surface area (Å²) < 4.78 is 1.76. The van der Waals surface area contributed by atoms with Gasteiger partial charge in [0.15, 0.2) is 0 Å². The fourth-order valence-electron chi connectivity index (χ4n) is 4.63. The Labute approximate surface area is 159 Å². The van der Waals surface area contributed by atoms with E-state index < -0.39 is 0 Å². The van der Waals surface area contributed by atoms with Crippen LogP contribution in [0.5, 0.6) is 0 Å². The molecule has 0 radical (unpaired) electrons. The van der Waals surface area contributed by atoms with Crippen molar-refractivity contribution in [3.05, 3.63) is 45.3 Å². The van der Waals surface area contributed by atoms with Gasteiger partial charge in [0.2, 0.25) is 0 Å². The zero-order chi connectivity index (χ0) is 18.4. The number of nitrogens with zero attached hydrogens (tertiary/aromatic N) is 4. The lowest BCUT2D eigenvalue weighted by atomic mass is 9.91. The number of hydrogen-bond donors (Lipinski definition) is 1. The maximum atomic E-state index is 12.3. The lowest BCUT2D eigenvalue weighted by Crippen LogP contribution is -2.33. The molecule has 1 N–H and O–H groups in total. The highest BCUT2D eigenvalue weighted by Crippen LogP contribution is 2.39. The minimum atomic E-state index is 0.0417. The zero-order valence-corrected chi connectivity index (χ0v) is 15.9. The molecule has 0 bridgehead atoms. The van der Waals surface area contributed by atoms with Crippen molar-refractivity contribution in [1.82, 2.24) is 19.7 Å². The SMILES string of the molecule is Cc1nc2c(c(NC3CCC(n4nc(C5CC5)ccc4=O)CC3)n1)CCC2. The van der Waals surface area contributed by atoms with E-state index in [1.54, 1.807) is 10.7 Å². The highest BCUT2D eigenvalue weighted by molar-refractivity contribution is 5.49. The molecule has 2 heterocycles. The summed E-state index contributed by atoms with van der Waals surface area (Å²) in [6.07, 6.45) is 9.84. The maximum absolute atomic E-state index is 12.3. The molecule has 2 aromatic rings. The highest BCUT2D eigenvalue weighted by Gasteiger charge is 2.29. The Hall–Kier alpha value is -2.24. The normalized spacial score (nSPS) is 24.6. The van der Waals surface area contributed by atoms with Gasteiger partial charge in [0, 0.05) is 29.3 Å². The van der Waals surface area contributed by atoms with Crippen LogP contribution in [0.3, 0.4) is 0 Å². The second-order valence-electron chi connectivity index (χ2n) is 8.36. The topological polar surface area (TPSA) is 72.7 Å². The molecule has 0 aromatic carbocycles. The molecule has 0 amide bonds. The molecular weight excluding hydrogens is 338 g/mol. The van der Waals surface area contributed by atoms with Crippen molar-refractivity contribution in [3.63, 3.8) is 0 Å². The van der Waals surface area contributed by atoms with Gasteiger partial charge in [0.25, 0.3) is 5.56 Å². The first kappa shape index (κ1) is 16.9. The predicted octanol–water partition coefficient (Wildman–Crippen LogP) is 3.30. The molecule has 3 aliphatic carbocycles. The lowest BCUT2D eigenvalue weighted by molar-refractivity contribution is 0.301. The Bertz CT molecular complexity index is 909. The summed E-state index contributed by atoms with van der Waals surface area (Å²) in [7, 11) is 0. The quantitative estimate of drug-likeness (QED) is 0.900. The van der Waals surface area contributed by atoms with Crippen molar-refractivity contribution in [1.29, 1.82) is 0 Å². The van der Waals surface area contributed by atoms with Crippen LogP contribution >= 0.6 is 0 Å². The van der Waals surface area contributed by atoms with E-state index in [9.17, 15) is 4.79 Å². The minimum Gasteiger partial charge on any atom is -0.367 e. The number of rotatable bonds is 4. The van der Waals surface area contributed by atoms with Crippen molar-refractivity contribution < 1.29 is 0 Å². The van der Waals surface area contributed by atoms with Crippen molar-refractivity contribution in [2.24, 2.45) is 0 Å². The summed E-state index contributed by atoms with van der Waals surface area (Å²) in [6, 6.07) is 4.27. The monoisotopic (exact) mass is 365 g/mol. The van der Waals surface area contributed by atoms with Crippen LogP contribution in [0, 0.1) is 6.92 Å². The highest BCUT2D eigenvalue weighted by atomic mass is 16.1. The molecule has 5 rings (SSSR count). The summed E-state index contributed by atoms with van der Waals surface area (Å²) in [6.45, 7) is 1.98. The van der Waals surface area contributed by atoms with Gasteiger partial charge in [-0.2, -0.15) is 5.10 Å². The predicted molar refractivity (Wildman–Crippen MR) is 104 cm³/mol. The van der Waals surface area contributed by atoms with Crippen molar-refractivity contribution in [3.8, 4) is 0 Å². The second kappa shape index (κ2) is 6.73. The molecule has 0 saturated heterocycles. The summed E-state index contributed by atoms with van der Waals surface area (Å²) >= 11 is 0. The molecule has 0 spiro atoms. The molecule has 142 valence electrons. The number of hydrogen-bond acceptors (Lipinski definition) is 5. The fraction of sp³-hybridized carbons (Fsp3) is 0.619. The van der Waals surface area contributed by atoms with E-state index in [1.807, 2.05) is 13.0 Å². The lowest BCUT2D eigenvalue weighted by Gasteiger charge is -2.30. The van der Waals surface area contributed by atoms with E-state index in [0.717, 1.165) is 55.9 Å². The number of anilines is 1. The third-order valence-corrected chi connectivity index (χ3v) is 6.27. The Morgan fingerprint density at radius 3 is 2.63 bits per heavy atom. The van der Waals surface area contributed by atoms with Crippen LogP contribution in [0.25, 0.3) is 0 Å². The molecule has 0 unspecified atom stereocenters. The summed E-state index contributed by atoms with van der Waals surface area (Å²) in [5.74, 6) is 2.49. The molecule has 2 aromatic heterocycles. The summed E-state index contributed by atoms with van der Waals surface area (Å²) in [4.78, 5) is 21.6. The Morgan fingerprint density at radius 1 is 1.04 bits per heavy atom. The third kappa shape index (κ3) is 3.37. The van der Waals surface area contributed by atoms with Crippen LogP contribution in [0.15, 0.2) is 16.9 Å². The van der Waals surface area contributed by atoms with Crippen molar-refractivity contribution in [2.45, 2.75) is 82.7 Å².